The molecular weight excluding hydrogens is 586 g/mol. The zero-order valence-electron chi connectivity index (χ0n) is 25.3. The standard InChI is InChI=1S/C35H39N5O4S/c1-2-3-4-14-21-43-31-30(42)28(22-41)44-35(31,40-24-39-29-32(36)37-23-38-33(29)40)45-34(25-15-8-5-9-16-25,26-17-10-6-11-18-26)27-19-12-7-13-20-27/h5-13,15-20,23-24,28,30-31,41-42H,2-4,14,21-22H2,1H3,(H2,36,37,38)/t28-,30-,31-,35+/m1/s1. The van der Waals surface area contributed by atoms with Crippen LogP contribution in [0.15, 0.2) is 104 Å². The Bertz CT molecular complexity index is 1580. The maximum atomic E-state index is 11.8. The molecule has 234 valence electrons. The second kappa shape index (κ2) is 13.7. The van der Waals surface area contributed by atoms with E-state index in [9.17, 15) is 10.2 Å². The number of aliphatic hydroxyl groups excluding tert-OH is 2. The highest BCUT2D eigenvalue weighted by atomic mass is 32.2. The van der Waals surface area contributed by atoms with Gasteiger partial charge in [-0.05, 0) is 23.1 Å². The Labute approximate surface area is 267 Å². The predicted molar refractivity (Wildman–Crippen MR) is 176 cm³/mol. The average Bonchev–Trinajstić information content (AvgIpc) is 3.65. The third kappa shape index (κ3) is 5.73. The van der Waals surface area contributed by atoms with Crippen LogP contribution in [-0.2, 0) is 19.3 Å². The molecule has 0 saturated carbocycles. The SMILES string of the molecule is CCCCCCO[C@@H]1[C@H](O)[C@@H](CO)O[C@@]1(SC(c1ccccc1)(c1ccccc1)c1ccccc1)n1cnc2c(N)ncnc21. The molecule has 6 rings (SSSR count). The van der Waals surface area contributed by atoms with Crippen molar-refractivity contribution in [3.8, 4) is 0 Å². The van der Waals surface area contributed by atoms with E-state index < -0.39 is 34.7 Å². The Kier molecular flexibility index (Phi) is 9.48. The van der Waals surface area contributed by atoms with Crippen molar-refractivity contribution in [2.45, 2.75) is 60.7 Å². The number of rotatable bonds is 13. The third-order valence-electron chi connectivity index (χ3n) is 8.38. The predicted octanol–water partition coefficient (Wildman–Crippen LogP) is 5.46. The van der Waals surface area contributed by atoms with Gasteiger partial charge < -0.3 is 25.4 Å². The number of aromatic nitrogens is 4. The topological polar surface area (TPSA) is 129 Å². The first kappa shape index (κ1) is 31.2. The first-order valence-electron chi connectivity index (χ1n) is 15.4. The minimum absolute atomic E-state index is 0.230. The molecule has 3 heterocycles. The molecule has 1 aliphatic rings. The number of imidazole rings is 1. The molecule has 0 radical (unpaired) electrons. The maximum Gasteiger partial charge on any atom is 0.227 e. The van der Waals surface area contributed by atoms with Crippen molar-refractivity contribution in [1.29, 1.82) is 0 Å². The van der Waals surface area contributed by atoms with Crippen LogP contribution in [0, 0.1) is 0 Å². The molecule has 3 aromatic carbocycles. The molecule has 4 atom stereocenters. The molecule has 1 aliphatic heterocycles. The minimum atomic E-state index is -1.46. The van der Waals surface area contributed by atoms with Crippen molar-refractivity contribution in [3.05, 3.63) is 120 Å². The first-order valence-corrected chi connectivity index (χ1v) is 16.3. The smallest absolute Gasteiger partial charge is 0.227 e. The lowest BCUT2D eigenvalue weighted by molar-refractivity contribution is -0.0978. The van der Waals surface area contributed by atoms with E-state index in [-0.39, 0.29) is 5.82 Å². The molecule has 9 nitrogen and oxygen atoms in total. The van der Waals surface area contributed by atoms with E-state index in [1.54, 1.807) is 10.9 Å². The number of hydrogen-bond donors (Lipinski definition) is 3. The molecule has 4 N–H and O–H groups in total. The number of thioether (sulfide) groups is 1. The number of nitrogen functional groups attached to an aromatic ring is 1. The van der Waals surface area contributed by atoms with Crippen LogP contribution in [-0.4, -0.2) is 61.3 Å². The molecule has 1 fully saturated rings. The first-order chi connectivity index (χ1) is 22.0. The van der Waals surface area contributed by atoms with Crippen LogP contribution in [0.1, 0.15) is 49.3 Å². The Hall–Kier alpha value is -3.80. The van der Waals surface area contributed by atoms with E-state index in [1.807, 2.05) is 54.6 Å². The highest BCUT2D eigenvalue weighted by molar-refractivity contribution is 8.01. The van der Waals surface area contributed by atoms with Crippen LogP contribution < -0.4 is 5.73 Å². The number of aliphatic hydroxyl groups is 2. The molecule has 0 spiro atoms. The quantitative estimate of drug-likeness (QED) is 0.115. The number of ether oxygens (including phenoxy) is 2. The van der Waals surface area contributed by atoms with Crippen LogP contribution in [0.4, 0.5) is 5.82 Å². The number of fused-ring (bicyclic) bond motifs is 1. The molecule has 0 amide bonds. The maximum absolute atomic E-state index is 11.8. The van der Waals surface area contributed by atoms with Crippen LogP contribution in [0.2, 0.25) is 0 Å². The Morgan fingerprint density at radius 1 is 0.889 bits per heavy atom. The normalized spacial score (nSPS) is 21.8. The van der Waals surface area contributed by atoms with Gasteiger partial charge in [-0.2, -0.15) is 0 Å². The summed E-state index contributed by atoms with van der Waals surface area (Å²) in [6, 6.07) is 30.7. The summed E-state index contributed by atoms with van der Waals surface area (Å²) in [5, 5.41) is 20.9. The van der Waals surface area contributed by atoms with Crippen LogP contribution in [0.25, 0.3) is 11.2 Å². The van der Waals surface area contributed by atoms with E-state index in [0.717, 1.165) is 42.4 Å². The summed E-state index contributed by atoms with van der Waals surface area (Å²) >= 11 is 1.49. The molecule has 0 bridgehead atoms. The third-order valence-corrected chi connectivity index (χ3v) is 10.2. The lowest BCUT2D eigenvalue weighted by Gasteiger charge is -2.44. The molecule has 0 aliphatic carbocycles. The summed E-state index contributed by atoms with van der Waals surface area (Å²) < 4.78 is 14.4. The van der Waals surface area contributed by atoms with Gasteiger partial charge in [0.1, 0.15) is 36.5 Å². The van der Waals surface area contributed by atoms with Crippen LogP contribution >= 0.6 is 11.8 Å². The van der Waals surface area contributed by atoms with E-state index in [1.165, 1.54) is 18.1 Å². The van der Waals surface area contributed by atoms with Gasteiger partial charge in [0.2, 0.25) is 5.06 Å². The molecule has 10 heteroatoms. The second-order valence-electron chi connectivity index (χ2n) is 11.2. The van der Waals surface area contributed by atoms with Crippen molar-refractivity contribution in [2.24, 2.45) is 0 Å². The lowest BCUT2D eigenvalue weighted by atomic mass is 9.84. The Balaban J connectivity index is 1.63. The molecule has 2 aromatic heterocycles. The van der Waals surface area contributed by atoms with Crippen molar-refractivity contribution in [2.75, 3.05) is 18.9 Å². The summed E-state index contributed by atoms with van der Waals surface area (Å²) in [6.45, 7) is 2.17. The fourth-order valence-corrected chi connectivity index (χ4v) is 8.10. The molecule has 45 heavy (non-hydrogen) atoms. The van der Waals surface area contributed by atoms with Gasteiger partial charge in [0.25, 0.3) is 0 Å². The van der Waals surface area contributed by atoms with Crippen molar-refractivity contribution in [3.63, 3.8) is 0 Å². The van der Waals surface area contributed by atoms with Gasteiger partial charge in [-0.25, -0.2) is 15.0 Å². The van der Waals surface area contributed by atoms with Gasteiger partial charge in [0, 0.05) is 6.61 Å². The highest BCUT2D eigenvalue weighted by Gasteiger charge is 2.62. The van der Waals surface area contributed by atoms with Gasteiger partial charge in [0.05, 0.1) is 11.4 Å². The Morgan fingerprint density at radius 2 is 1.49 bits per heavy atom. The zero-order chi connectivity index (χ0) is 31.3. The number of benzene rings is 3. The van der Waals surface area contributed by atoms with E-state index in [4.69, 9.17) is 15.2 Å². The molecular formula is C35H39N5O4S. The lowest BCUT2D eigenvalue weighted by Crippen LogP contribution is -2.48. The molecule has 1 saturated heterocycles. The second-order valence-corrected chi connectivity index (χ2v) is 12.6. The minimum Gasteiger partial charge on any atom is -0.394 e. The molecule has 0 unspecified atom stereocenters. The monoisotopic (exact) mass is 625 g/mol. The zero-order valence-corrected chi connectivity index (χ0v) is 26.1. The summed E-state index contributed by atoms with van der Waals surface area (Å²) in [6.07, 6.45) is 4.03. The summed E-state index contributed by atoms with van der Waals surface area (Å²) in [4.78, 5) is 13.3. The summed E-state index contributed by atoms with van der Waals surface area (Å²) in [5.74, 6) is 0.230. The van der Waals surface area contributed by atoms with Gasteiger partial charge in [-0.1, -0.05) is 129 Å². The van der Waals surface area contributed by atoms with Gasteiger partial charge in [0.15, 0.2) is 11.5 Å². The number of nitrogens with zero attached hydrogens (tertiary/aromatic N) is 4. The fourth-order valence-electron chi connectivity index (χ4n) is 6.17. The number of nitrogens with two attached hydrogens (primary N) is 1. The van der Waals surface area contributed by atoms with E-state index >= 15 is 0 Å². The van der Waals surface area contributed by atoms with Crippen molar-refractivity contribution in [1.82, 2.24) is 19.5 Å². The number of anilines is 1. The average molecular weight is 626 g/mol. The summed E-state index contributed by atoms with van der Waals surface area (Å²) in [7, 11) is 0. The van der Waals surface area contributed by atoms with Crippen molar-refractivity contribution >= 4 is 28.7 Å². The van der Waals surface area contributed by atoms with Crippen molar-refractivity contribution < 1.29 is 19.7 Å². The van der Waals surface area contributed by atoms with E-state index in [2.05, 4.69) is 58.3 Å². The van der Waals surface area contributed by atoms with Crippen LogP contribution in [0.3, 0.4) is 0 Å². The summed E-state index contributed by atoms with van der Waals surface area (Å²) in [5.41, 5.74) is 10.1. The molecule has 5 aromatic rings. The van der Waals surface area contributed by atoms with Gasteiger partial charge in [-0.3, -0.25) is 4.57 Å². The highest BCUT2D eigenvalue weighted by Crippen LogP contribution is 2.60. The fraction of sp³-hybridized carbons (Fsp3) is 0.343. The number of hydrogen-bond acceptors (Lipinski definition) is 9. The van der Waals surface area contributed by atoms with Gasteiger partial charge in [-0.15, -0.1) is 0 Å². The van der Waals surface area contributed by atoms with Crippen LogP contribution in [0.5, 0.6) is 0 Å². The van der Waals surface area contributed by atoms with Gasteiger partial charge >= 0.3 is 0 Å². The largest absolute Gasteiger partial charge is 0.394 e. The Morgan fingerprint density at radius 3 is 2.04 bits per heavy atom. The number of unbranched alkanes of at least 4 members (excludes halogenated alkanes) is 3. The van der Waals surface area contributed by atoms with E-state index in [0.29, 0.717) is 17.8 Å².